The maximum absolute atomic E-state index is 12.3. The molecule has 0 bridgehead atoms. The Bertz CT molecular complexity index is 937. The van der Waals surface area contributed by atoms with Crippen molar-refractivity contribution in [2.75, 3.05) is 5.32 Å². The zero-order chi connectivity index (χ0) is 19.4. The number of carbonyl (C=O) groups is 2. The Morgan fingerprint density at radius 1 is 1.22 bits per heavy atom. The molecule has 1 aliphatic heterocycles. The van der Waals surface area contributed by atoms with Gasteiger partial charge in [-0.1, -0.05) is 18.2 Å². The molecule has 6 nitrogen and oxygen atoms in total. The summed E-state index contributed by atoms with van der Waals surface area (Å²) in [6, 6.07) is 12.5. The number of rotatable bonds is 5. The molecule has 0 radical (unpaired) electrons. The molecule has 27 heavy (non-hydrogen) atoms. The van der Waals surface area contributed by atoms with Crippen LogP contribution in [0.4, 0.5) is 14.5 Å². The number of nitrogens with one attached hydrogen (secondary N) is 1. The van der Waals surface area contributed by atoms with E-state index in [0.29, 0.717) is 16.8 Å². The third kappa shape index (κ3) is 4.75. The Morgan fingerprint density at radius 2 is 1.96 bits per heavy atom. The number of hydrogen-bond donors (Lipinski definition) is 1. The lowest BCUT2D eigenvalue weighted by Gasteiger charge is -2.05. The summed E-state index contributed by atoms with van der Waals surface area (Å²) in [6.07, 6.45) is 1.52. The average molecular weight is 372 g/mol. The van der Waals surface area contributed by atoms with Crippen molar-refractivity contribution < 1.29 is 27.8 Å². The maximum atomic E-state index is 12.3. The van der Waals surface area contributed by atoms with Gasteiger partial charge in [-0.25, -0.2) is 9.79 Å². The minimum absolute atomic E-state index is 0.000771. The second kappa shape index (κ2) is 7.77. The molecule has 0 spiro atoms. The van der Waals surface area contributed by atoms with Crippen LogP contribution in [0.2, 0.25) is 0 Å². The molecule has 0 saturated heterocycles. The van der Waals surface area contributed by atoms with Crippen LogP contribution in [0.25, 0.3) is 6.08 Å². The normalized spacial score (nSPS) is 14.9. The largest absolute Gasteiger partial charge is 0.435 e. The van der Waals surface area contributed by atoms with E-state index in [9.17, 15) is 18.4 Å². The second-order valence-corrected chi connectivity index (χ2v) is 5.55. The predicted octanol–water partition coefficient (Wildman–Crippen LogP) is 3.59. The molecule has 0 atom stereocenters. The quantitative estimate of drug-likeness (QED) is 0.643. The van der Waals surface area contributed by atoms with Gasteiger partial charge in [-0.3, -0.25) is 4.79 Å². The van der Waals surface area contributed by atoms with Gasteiger partial charge < -0.3 is 14.8 Å². The monoisotopic (exact) mass is 372 g/mol. The van der Waals surface area contributed by atoms with E-state index < -0.39 is 12.6 Å². The van der Waals surface area contributed by atoms with Gasteiger partial charge in [0, 0.05) is 18.2 Å². The molecule has 138 valence electrons. The third-order valence-corrected chi connectivity index (χ3v) is 3.46. The summed E-state index contributed by atoms with van der Waals surface area (Å²) in [5, 5.41) is 2.64. The van der Waals surface area contributed by atoms with Crippen LogP contribution in [0.15, 0.2) is 59.2 Å². The summed E-state index contributed by atoms with van der Waals surface area (Å²) in [5.74, 6) is -0.906. The number of anilines is 1. The van der Waals surface area contributed by atoms with E-state index in [1.807, 2.05) is 0 Å². The van der Waals surface area contributed by atoms with Gasteiger partial charge in [-0.15, -0.1) is 0 Å². The standard InChI is InChI=1S/C19H14F2N2O4/c1-11(24)22-14-7-5-12(6-8-14)9-16-18(25)27-17(23-16)13-3-2-4-15(10-13)26-19(20)21/h2-10,19H,1H3,(H,22,24)/b16-9+. The van der Waals surface area contributed by atoms with E-state index in [-0.39, 0.29) is 23.3 Å². The van der Waals surface area contributed by atoms with Gasteiger partial charge in [0.2, 0.25) is 11.8 Å². The van der Waals surface area contributed by atoms with Crippen LogP contribution in [-0.4, -0.2) is 24.4 Å². The number of cyclic esters (lactones) is 1. The first-order chi connectivity index (χ1) is 12.9. The van der Waals surface area contributed by atoms with Crippen molar-refractivity contribution >= 4 is 29.5 Å². The highest BCUT2D eigenvalue weighted by molar-refractivity contribution is 6.13. The number of esters is 1. The Balaban J connectivity index is 1.81. The molecule has 0 unspecified atom stereocenters. The van der Waals surface area contributed by atoms with Crippen molar-refractivity contribution in [1.82, 2.24) is 0 Å². The number of alkyl halides is 2. The summed E-state index contributed by atoms with van der Waals surface area (Å²) in [6.45, 7) is -1.55. The van der Waals surface area contributed by atoms with Gasteiger partial charge >= 0.3 is 12.6 Å². The molecule has 8 heteroatoms. The van der Waals surface area contributed by atoms with Crippen LogP contribution in [-0.2, 0) is 14.3 Å². The lowest BCUT2D eigenvalue weighted by atomic mass is 10.1. The van der Waals surface area contributed by atoms with Gasteiger partial charge in [-0.05, 0) is 42.0 Å². The molecule has 1 amide bonds. The molecule has 1 heterocycles. The summed E-state index contributed by atoms with van der Waals surface area (Å²) in [5.41, 5.74) is 1.71. The lowest BCUT2D eigenvalue weighted by molar-refractivity contribution is -0.130. The first kappa shape index (κ1) is 18.2. The van der Waals surface area contributed by atoms with Crippen molar-refractivity contribution in [2.45, 2.75) is 13.5 Å². The fourth-order valence-corrected chi connectivity index (χ4v) is 2.36. The van der Waals surface area contributed by atoms with Crippen LogP contribution in [0.5, 0.6) is 5.75 Å². The molecule has 1 N–H and O–H groups in total. The number of aliphatic imine (C=N–C) groups is 1. The average Bonchev–Trinajstić information content (AvgIpc) is 2.97. The molecular formula is C19H14F2N2O4. The summed E-state index contributed by atoms with van der Waals surface area (Å²) >= 11 is 0. The van der Waals surface area contributed by atoms with Crippen molar-refractivity contribution in [3.8, 4) is 5.75 Å². The predicted molar refractivity (Wildman–Crippen MR) is 94.4 cm³/mol. The van der Waals surface area contributed by atoms with Crippen LogP contribution in [0.3, 0.4) is 0 Å². The summed E-state index contributed by atoms with van der Waals surface area (Å²) in [4.78, 5) is 27.2. The van der Waals surface area contributed by atoms with Gasteiger partial charge in [0.15, 0.2) is 5.70 Å². The highest BCUT2D eigenvalue weighted by atomic mass is 19.3. The van der Waals surface area contributed by atoms with E-state index in [2.05, 4.69) is 15.0 Å². The van der Waals surface area contributed by atoms with Crippen molar-refractivity contribution in [1.29, 1.82) is 0 Å². The number of hydrogen-bond acceptors (Lipinski definition) is 5. The Kier molecular flexibility index (Phi) is 5.25. The van der Waals surface area contributed by atoms with Gasteiger partial charge in [0.25, 0.3) is 0 Å². The van der Waals surface area contributed by atoms with Gasteiger partial charge in [0.05, 0.1) is 0 Å². The van der Waals surface area contributed by atoms with Crippen molar-refractivity contribution in [3.63, 3.8) is 0 Å². The number of carbonyl (C=O) groups excluding carboxylic acids is 2. The first-order valence-electron chi connectivity index (χ1n) is 7.86. The highest BCUT2D eigenvalue weighted by Crippen LogP contribution is 2.23. The molecule has 0 aromatic heterocycles. The van der Waals surface area contributed by atoms with E-state index in [4.69, 9.17) is 4.74 Å². The summed E-state index contributed by atoms with van der Waals surface area (Å²) < 4.78 is 34.1. The summed E-state index contributed by atoms with van der Waals surface area (Å²) in [7, 11) is 0. The zero-order valence-electron chi connectivity index (χ0n) is 14.1. The number of ether oxygens (including phenoxy) is 2. The molecule has 2 aromatic carbocycles. The number of nitrogens with zero attached hydrogens (tertiary/aromatic N) is 1. The Morgan fingerprint density at radius 3 is 2.63 bits per heavy atom. The van der Waals surface area contributed by atoms with Gasteiger partial charge in [-0.2, -0.15) is 8.78 Å². The Hall–Kier alpha value is -3.55. The number of halogens is 2. The van der Waals surface area contributed by atoms with Crippen LogP contribution < -0.4 is 10.1 Å². The second-order valence-electron chi connectivity index (χ2n) is 5.55. The van der Waals surface area contributed by atoms with Crippen LogP contribution >= 0.6 is 0 Å². The smallest absolute Gasteiger partial charge is 0.387 e. The van der Waals surface area contributed by atoms with E-state index in [1.165, 1.54) is 31.2 Å². The molecular weight excluding hydrogens is 358 g/mol. The molecule has 3 rings (SSSR count). The zero-order valence-corrected chi connectivity index (χ0v) is 14.1. The molecule has 0 fully saturated rings. The van der Waals surface area contributed by atoms with E-state index in [1.54, 1.807) is 30.3 Å². The minimum Gasteiger partial charge on any atom is -0.435 e. The van der Waals surface area contributed by atoms with Crippen LogP contribution in [0, 0.1) is 0 Å². The molecule has 0 saturated carbocycles. The topological polar surface area (TPSA) is 77.0 Å². The SMILES string of the molecule is CC(=O)Nc1ccc(/C=C2/N=C(c3cccc(OC(F)F)c3)OC2=O)cc1. The molecule has 1 aliphatic rings. The minimum atomic E-state index is -2.95. The Labute approximate surface area is 153 Å². The maximum Gasteiger partial charge on any atom is 0.387 e. The fourth-order valence-electron chi connectivity index (χ4n) is 2.36. The highest BCUT2D eigenvalue weighted by Gasteiger charge is 2.24. The lowest BCUT2D eigenvalue weighted by Crippen LogP contribution is -2.07. The van der Waals surface area contributed by atoms with E-state index in [0.717, 1.165) is 0 Å². The van der Waals surface area contributed by atoms with E-state index >= 15 is 0 Å². The van der Waals surface area contributed by atoms with Crippen molar-refractivity contribution in [3.05, 3.63) is 65.4 Å². The van der Waals surface area contributed by atoms with Gasteiger partial charge in [0.1, 0.15) is 5.75 Å². The van der Waals surface area contributed by atoms with Crippen molar-refractivity contribution in [2.24, 2.45) is 4.99 Å². The first-order valence-corrected chi connectivity index (χ1v) is 7.86. The number of benzene rings is 2. The number of amides is 1. The van der Waals surface area contributed by atoms with Crippen LogP contribution in [0.1, 0.15) is 18.1 Å². The molecule has 2 aromatic rings. The third-order valence-electron chi connectivity index (χ3n) is 3.46. The fraction of sp³-hybridized carbons (Fsp3) is 0.105. The molecule has 0 aliphatic carbocycles.